The van der Waals surface area contributed by atoms with Gasteiger partial charge in [0.15, 0.2) is 0 Å². The predicted molar refractivity (Wildman–Crippen MR) is 114 cm³/mol. The molecule has 2 aromatic carbocycles. The first-order chi connectivity index (χ1) is 13.2. The van der Waals surface area contributed by atoms with Gasteiger partial charge in [-0.05, 0) is 40.8 Å². The van der Waals surface area contributed by atoms with Gasteiger partial charge in [0.05, 0.1) is 0 Å². The van der Waals surface area contributed by atoms with Gasteiger partial charge in [0.25, 0.3) is 0 Å². The average Bonchev–Trinajstić information content (AvgIpc) is 2.69. The summed E-state index contributed by atoms with van der Waals surface area (Å²) in [7, 11) is 0. The van der Waals surface area contributed by atoms with Crippen LogP contribution in [0.5, 0.6) is 0 Å². The lowest BCUT2D eigenvalue weighted by atomic mass is 9.88. The fraction of sp³-hybridized carbons (Fsp3) is 0.480. The second-order valence-electron chi connectivity index (χ2n) is 7.58. The van der Waals surface area contributed by atoms with Crippen LogP contribution < -0.4 is 0 Å². The zero-order valence-electron chi connectivity index (χ0n) is 16.8. The van der Waals surface area contributed by atoms with Crippen molar-refractivity contribution in [2.75, 3.05) is 0 Å². The number of aryl methyl sites for hydroxylation is 1. The number of benzene rings is 2. The summed E-state index contributed by atoms with van der Waals surface area (Å²) in [6.07, 6.45) is 13.9. The van der Waals surface area contributed by atoms with E-state index >= 15 is 0 Å². The Labute approximate surface area is 163 Å². The SMILES string of the molecule is CCCCCCCCCC(=O)OC1C=Cc2c(CC)ccc3cccc1c23. The maximum absolute atomic E-state index is 12.3. The Balaban J connectivity index is 1.59. The third-order valence-corrected chi connectivity index (χ3v) is 5.58. The lowest BCUT2D eigenvalue weighted by Crippen LogP contribution is -2.12. The molecule has 0 aromatic heterocycles. The van der Waals surface area contributed by atoms with Crippen molar-refractivity contribution >= 4 is 22.8 Å². The molecule has 144 valence electrons. The first-order valence-corrected chi connectivity index (χ1v) is 10.7. The molecule has 0 amide bonds. The number of hydrogen-bond donors (Lipinski definition) is 0. The normalized spacial score (nSPS) is 15.3. The largest absolute Gasteiger partial charge is 0.453 e. The first-order valence-electron chi connectivity index (χ1n) is 10.7. The molecule has 1 aliphatic rings. The molecule has 0 saturated heterocycles. The molecule has 0 heterocycles. The zero-order chi connectivity index (χ0) is 19.1. The van der Waals surface area contributed by atoms with Crippen LogP contribution in [0.4, 0.5) is 0 Å². The van der Waals surface area contributed by atoms with E-state index in [1.807, 2.05) is 6.08 Å². The van der Waals surface area contributed by atoms with E-state index in [-0.39, 0.29) is 12.1 Å². The van der Waals surface area contributed by atoms with Gasteiger partial charge in [0.1, 0.15) is 6.10 Å². The van der Waals surface area contributed by atoms with Crippen LogP contribution in [0.15, 0.2) is 36.4 Å². The van der Waals surface area contributed by atoms with Gasteiger partial charge in [-0.1, -0.05) is 88.8 Å². The van der Waals surface area contributed by atoms with E-state index in [0.717, 1.165) is 24.8 Å². The molecule has 27 heavy (non-hydrogen) atoms. The van der Waals surface area contributed by atoms with Crippen molar-refractivity contribution in [3.05, 3.63) is 53.1 Å². The summed E-state index contributed by atoms with van der Waals surface area (Å²) < 4.78 is 5.83. The monoisotopic (exact) mass is 364 g/mol. The van der Waals surface area contributed by atoms with Crippen LogP contribution in [0.3, 0.4) is 0 Å². The van der Waals surface area contributed by atoms with Gasteiger partial charge < -0.3 is 4.74 Å². The second-order valence-corrected chi connectivity index (χ2v) is 7.58. The second kappa shape index (κ2) is 9.73. The molecule has 3 rings (SSSR count). The van der Waals surface area contributed by atoms with Crippen molar-refractivity contribution in [2.45, 2.75) is 77.7 Å². The Morgan fingerprint density at radius 1 is 0.963 bits per heavy atom. The number of carbonyl (C=O) groups excluding carboxylic acids is 1. The van der Waals surface area contributed by atoms with Crippen molar-refractivity contribution in [3.8, 4) is 0 Å². The summed E-state index contributed by atoms with van der Waals surface area (Å²) in [6, 6.07) is 10.7. The van der Waals surface area contributed by atoms with Gasteiger partial charge in [-0.3, -0.25) is 4.79 Å². The van der Waals surface area contributed by atoms with E-state index in [1.54, 1.807) is 0 Å². The van der Waals surface area contributed by atoms with Crippen LogP contribution in [0.1, 0.15) is 88.0 Å². The number of rotatable bonds is 10. The molecule has 2 aromatic rings. The molecular weight excluding hydrogens is 332 g/mol. The molecule has 0 fully saturated rings. The van der Waals surface area contributed by atoms with Crippen LogP contribution in [0.25, 0.3) is 16.8 Å². The predicted octanol–water partition coefficient (Wildman–Crippen LogP) is 7.15. The molecule has 2 nitrogen and oxygen atoms in total. The highest BCUT2D eigenvalue weighted by Gasteiger charge is 2.22. The fourth-order valence-electron chi connectivity index (χ4n) is 4.03. The molecule has 0 N–H and O–H groups in total. The van der Waals surface area contributed by atoms with E-state index in [0.29, 0.717) is 6.42 Å². The van der Waals surface area contributed by atoms with Crippen molar-refractivity contribution in [1.29, 1.82) is 0 Å². The Kier molecular flexibility index (Phi) is 7.09. The Morgan fingerprint density at radius 3 is 2.52 bits per heavy atom. The Morgan fingerprint density at radius 2 is 1.74 bits per heavy atom. The summed E-state index contributed by atoms with van der Waals surface area (Å²) in [6.45, 7) is 4.42. The highest BCUT2D eigenvalue weighted by Crippen LogP contribution is 2.37. The molecule has 0 bridgehead atoms. The Bertz CT molecular complexity index is 803. The molecule has 0 saturated carbocycles. The minimum Gasteiger partial charge on any atom is -0.453 e. The summed E-state index contributed by atoms with van der Waals surface area (Å²) >= 11 is 0. The minimum absolute atomic E-state index is 0.0784. The zero-order valence-corrected chi connectivity index (χ0v) is 16.8. The van der Waals surface area contributed by atoms with Gasteiger partial charge in [0, 0.05) is 12.0 Å². The lowest BCUT2D eigenvalue weighted by molar-refractivity contribution is -0.147. The van der Waals surface area contributed by atoms with Crippen LogP contribution in [0, 0.1) is 0 Å². The van der Waals surface area contributed by atoms with Crippen molar-refractivity contribution in [2.24, 2.45) is 0 Å². The van der Waals surface area contributed by atoms with Crippen LogP contribution in [-0.4, -0.2) is 5.97 Å². The van der Waals surface area contributed by atoms with Crippen LogP contribution in [0.2, 0.25) is 0 Å². The number of ether oxygens (including phenoxy) is 1. The number of carbonyl (C=O) groups is 1. The van der Waals surface area contributed by atoms with Gasteiger partial charge >= 0.3 is 5.97 Å². The molecule has 0 spiro atoms. The maximum Gasteiger partial charge on any atom is 0.306 e. The molecule has 1 aliphatic carbocycles. The number of unbranched alkanes of at least 4 members (excludes halogenated alkanes) is 6. The third-order valence-electron chi connectivity index (χ3n) is 5.58. The highest BCUT2D eigenvalue weighted by atomic mass is 16.5. The summed E-state index contributed by atoms with van der Waals surface area (Å²) in [4.78, 5) is 12.3. The minimum atomic E-state index is -0.259. The topological polar surface area (TPSA) is 26.3 Å². The molecule has 1 atom stereocenters. The van der Waals surface area contributed by atoms with Crippen LogP contribution in [-0.2, 0) is 16.0 Å². The van der Waals surface area contributed by atoms with Crippen molar-refractivity contribution in [3.63, 3.8) is 0 Å². The molecule has 2 heteroatoms. The average molecular weight is 365 g/mol. The highest BCUT2D eigenvalue weighted by molar-refractivity contribution is 5.96. The maximum atomic E-state index is 12.3. The van der Waals surface area contributed by atoms with Gasteiger partial charge in [-0.15, -0.1) is 0 Å². The number of esters is 1. The quantitative estimate of drug-likeness (QED) is 0.330. The van der Waals surface area contributed by atoms with E-state index in [1.165, 1.54) is 54.0 Å². The van der Waals surface area contributed by atoms with Gasteiger partial charge in [0.2, 0.25) is 0 Å². The summed E-state index contributed by atoms with van der Waals surface area (Å²) in [5.74, 6) is -0.0784. The van der Waals surface area contributed by atoms with E-state index < -0.39 is 0 Å². The summed E-state index contributed by atoms with van der Waals surface area (Å²) in [5.41, 5.74) is 3.75. The van der Waals surface area contributed by atoms with Crippen LogP contribution >= 0.6 is 0 Å². The van der Waals surface area contributed by atoms with Gasteiger partial charge in [-0.25, -0.2) is 0 Å². The summed E-state index contributed by atoms with van der Waals surface area (Å²) in [5, 5.41) is 2.46. The van der Waals surface area contributed by atoms with Gasteiger partial charge in [-0.2, -0.15) is 0 Å². The standard InChI is InChI=1S/C25H32O2/c1-3-5-6-7-8-9-10-14-24(26)27-23-18-17-21-19(4-2)15-16-20-12-11-13-22(23)25(20)21/h11-13,15-18,23H,3-10,14H2,1-2H3. The third kappa shape index (κ3) is 4.80. The molecular formula is C25H32O2. The van der Waals surface area contributed by atoms with E-state index in [4.69, 9.17) is 4.74 Å². The van der Waals surface area contributed by atoms with E-state index in [2.05, 4.69) is 50.3 Å². The molecule has 0 radical (unpaired) electrons. The number of hydrogen-bond acceptors (Lipinski definition) is 2. The fourth-order valence-corrected chi connectivity index (χ4v) is 4.03. The van der Waals surface area contributed by atoms with E-state index in [9.17, 15) is 4.79 Å². The smallest absolute Gasteiger partial charge is 0.306 e. The first kappa shape index (κ1) is 19.7. The molecule has 0 aliphatic heterocycles. The lowest BCUT2D eigenvalue weighted by Gasteiger charge is -2.23. The van der Waals surface area contributed by atoms with Crippen molar-refractivity contribution < 1.29 is 9.53 Å². The molecule has 1 unspecified atom stereocenters. The Hall–Kier alpha value is -2.09. The van der Waals surface area contributed by atoms with Crippen molar-refractivity contribution in [1.82, 2.24) is 0 Å².